The molecule has 0 heterocycles. The zero-order valence-corrected chi connectivity index (χ0v) is 7.63. The molecule has 0 saturated heterocycles. The Balaban J connectivity index is 3.26. The molecule has 1 rings (SSSR count). The summed E-state index contributed by atoms with van der Waals surface area (Å²) in [6.45, 7) is 0. The molecule has 0 aliphatic rings. The minimum absolute atomic E-state index is 0.334. The van der Waals surface area contributed by atoms with Crippen molar-refractivity contribution in [2.75, 3.05) is 0 Å². The monoisotopic (exact) mass is 224 g/mol. The molecule has 4 heteroatoms. The maximum absolute atomic E-state index is 10.7. The van der Waals surface area contributed by atoms with E-state index in [0.29, 0.717) is 15.6 Å². The van der Waals surface area contributed by atoms with E-state index in [4.69, 9.17) is 11.0 Å². The van der Waals surface area contributed by atoms with Crippen LogP contribution in [0.2, 0.25) is 0 Å². The minimum Gasteiger partial charge on any atom is -0.366 e. The van der Waals surface area contributed by atoms with Gasteiger partial charge in [0.1, 0.15) is 0 Å². The fourth-order valence-corrected chi connectivity index (χ4v) is 1.29. The van der Waals surface area contributed by atoms with Gasteiger partial charge in [0, 0.05) is 10.0 Å². The molecule has 2 N–H and O–H groups in total. The first kappa shape index (κ1) is 8.75. The predicted molar refractivity (Wildman–Crippen MR) is 47.4 cm³/mol. The average Bonchev–Trinajstić information content (AvgIpc) is 2.03. The summed E-state index contributed by atoms with van der Waals surface area (Å²) in [7, 11) is 0. The van der Waals surface area contributed by atoms with Gasteiger partial charge in [0.25, 0.3) is 0 Å². The molecule has 0 aliphatic carbocycles. The van der Waals surface area contributed by atoms with Crippen LogP contribution >= 0.6 is 15.9 Å². The Kier molecular flexibility index (Phi) is 2.46. The largest absolute Gasteiger partial charge is 0.366 e. The highest BCUT2D eigenvalue weighted by Gasteiger charge is 2.02. The van der Waals surface area contributed by atoms with Gasteiger partial charge in [-0.3, -0.25) is 4.79 Å². The van der Waals surface area contributed by atoms with Crippen LogP contribution in [0.1, 0.15) is 15.9 Å². The van der Waals surface area contributed by atoms with Gasteiger partial charge in [0.15, 0.2) is 0 Å². The summed E-state index contributed by atoms with van der Waals surface area (Å²) >= 11 is 3.16. The number of nitrogens with two attached hydrogens (primary N) is 1. The van der Waals surface area contributed by atoms with E-state index in [0.717, 1.165) is 0 Å². The second-order valence-electron chi connectivity index (χ2n) is 2.20. The Morgan fingerprint density at radius 1 is 1.50 bits per heavy atom. The van der Waals surface area contributed by atoms with Gasteiger partial charge in [-0.1, -0.05) is 15.9 Å². The van der Waals surface area contributed by atoms with Gasteiger partial charge in [0.05, 0.1) is 11.6 Å². The molecule has 0 bridgehead atoms. The van der Waals surface area contributed by atoms with E-state index < -0.39 is 5.91 Å². The van der Waals surface area contributed by atoms with Crippen molar-refractivity contribution >= 4 is 21.8 Å². The van der Waals surface area contributed by atoms with Crippen LogP contribution in [0.4, 0.5) is 0 Å². The lowest BCUT2D eigenvalue weighted by Gasteiger charge is -1.96. The molecule has 0 atom stereocenters. The number of hydrogen-bond acceptors (Lipinski definition) is 2. The zero-order valence-electron chi connectivity index (χ0n) is 6.04. The van der Waals surface area contributed by atoms with E-state index in [-0.39, 0.29) is 0 Å². The number of carbonyl (C=O) groups excluding carboxylic acids is 1. The van der Waals surface area contributed by atoms with E-state index in [1.54, 1.807) is 12.1 Å². The van der Waals surface area contributed by atoms with Crippen molar-refractivity contribution in [2.45, 2.75) is 0 Å². The van der Waals surface area contributed by atoms with Crippen LogP contribution in [0.3, 0.4) is 0 Å². The Morgan fingerprint density at radius 3 is 2.67 bits per heavy atom. The second-order valence-corrected chi connectivity index (χ2v) is 3.12. The molecule has 1 aromatic rings. The molecule has 1 amide bonds. The molecule has 1 aromatic carbocycles. The van der Waals surface area contributed by atoms with Crippen molar-refractivity contribution in [3.05, 3.63) is 33.8 Å². The van der Waals surface area contributed by atoms with Crippen molar-refractivity contribution in [2.24, 2.45) is 5.73 Å². The molecule has 0 unspecified atom stereocenters. The van der Waals surface area contributed by atoms with Crippen LogP contribution in [-0.2, 0) is 0 Å². The number of rotatable bonds is 1. The highest BCUT2D eigenvalue weighted by molar-refractivity contribution is 9.10. The van der Waals surface area contributed by atoms with Gasteiger partial charge >= 0.3 is 0 Å². The minimum atomic E-state index is -0.534. The Morgan fingerprint density at radius 2 is 2.17 bits per heavy atom. The first-order chi connectivity index (χ1) is 5.63. The quantitative estimate of drug-likeness (QED) is 0.785. The first-order valence-electron chi connectivity index (χ1n) is 3.14. The van der Waals surface area contributed by atoms with Gasteiger partial charge in [0.2, 0.25) is 5.91 Å². The van der Waals surface area contributed by atoms with E-state index >= 15 is 0 Å². The van der Waals surface area contributed by atoms with E-state index in [9.17, 15) is 4.79 Å². The van der Waals surface area contributed by atoms with Crippen molar-refractivity contribution in [1.82, 2.24) is 0 Å². The molecule has 0 saturated carbocycles. The normalized spacial score (nSPS) is 9.00. The van der Waals surface area contributed by atoms with Crippen LogP contribution in [0, 0.1) is 11.3 Å². The summed E-state index contributed by atoms with van der Waals surface area (Å²) in [4.78, 5) is 10.7. The summed E-state index contributed by atoms with van der Waals surface area (Å²) in [5, 5.41) is 8.55. The van der Waals surface area contributed by atoms with Crippen LogP contribution in [0.5, 0.6) is 0 Å². The van der Waals surface area contributed by atoms with Crippen LogP contribution in [0.15, 0.2) is 22.7 Å². The Hall–Kier alpha value is -1.34. The topological polar surface area (TPSA) is 66.9 Å². The molecular formula is C8H5BrN2O. The van der Waals surface area contributed by atoms with Crippen LogP contribution in [0.25, 0.3) is 0 Å². The van der Waals surface area contributed by atoms with Gasteiger partial charge in [-0.2, -0.15) is 5.26 Å². The van der Waals surface area contributed by atoms with E-state index in [1.807, 2.05) is 6.07 Å². The number of nitrogens with zero attached hydrogens (tertiary/aromatic N) is 1. The maximum Gasteiger partial charge on any atom is 0.248 e. The number of hydrogen-bond donors (Lipinski definition) is 1. The average molecular weight is 225 g/mol. The highest BCUT2D eigenvalue weighted by atomic mass is 79.9. The van der Waals surface area contributed by atoms with Crippen LogP contribution < -0.4 is 5.73 Å². The van der Waals surface area contributed by atoms with Gasteiger partial charge in [-0.15, -0.1) is 0 Å². The fourth-order valence-electron chi connectivity index (χ4n) is 0.796. The summed E-state index contributed by atoms with van der Waals surface area (Å²) in [5.74, 6) is -0.534. The number of amides is 1. The van der Waals surface area contributed by atoms with Gasteiger partial charge in [-0.25, -0.2) is 0 Å². The smallest absolute Gasteiger partial charge is 0.248 e. The number of benzene rings is 1. The van der Waals surface area contributed by atoms with E-state index in [1.165, 1.54) is 6.07 Å². The summed E-state index contributed by atoms with van der Waals surface area (Å²) in [5.41, 5.74) is 5.79. The molecule has 3 nitrogen and oxygen atoms in total. The summed E-state index contributed by atoms with van der Waals surface area (Å²) in [6.07, 6.45) is 0. The second kappa shape index (κ2) is 3.37. The third-order valence-corrected chi connectivity index (χ3v) is 1.77. The molecule has 60 valence electrons. The fraction of sp³-hybridized carbons (Fsp3) is 0. The Bertz CT molecular complexity index is 368. The third kappa shape index (κ3) is 1.83. The van der Waals surface area contributed by atoms with Crippen LogP contribution in [-0.4, -0.2) is 5.91 Å². The highest BCUT2D eigenvalue weighted by Crippen LogP contribution is 2.14. The molecule has 0 fully saturated rings. The predicted octanol–water partition coefficient (Wildman–Crippen LogP) is 1.42. The molecule has 0 aromatic heterocycles. The SMILES string of the molecule is N#Cc1cc(Br)cc(C(N)=O)c1. The lowest BCUT2D eigenvalue weighted by atomic mass is 10.1. The van der Waals surface area contributed by atoms with Gasteiger partial charge < -0.3 is 5.73 Å². The Labute approximate surface area is 77.9 Å². The standard InChI is InChI=1S/C8H5BrN2O/c9-7-2-5(4-10)1-6(3-7)8(11)12/h1-3H,(H2,11,12). The summed E-state index contributed by atoms with van der Waals surface area (Å²) < 4.78 is 0.676. The lowest BCUT2D eigenvalue weighted by Crippen LogP contribution is -2.10. The van der Waals surface area contributed by atoms with Gasteiger partial charge in [-0.05, 0) is 18.2 Å². The van der Waals surface area contributed by atoms with Crippen molar-refractivity contribution < 1.29 is 4.79 Å². The number of primary amides is 1. The molecule has 0 radical (unpaired) electrons. The number of halogens is 1. The third-order valence-electron chi connectivity index (χ3n) is 1.31. The molecule has 12 heavy (non-hydrogen) atoms. The van der Waals surface area contributed by atoms with Crippen molar-refractivity contribution in [1.29, 1.82) is 5.26 Å². The summed E-state index contributed by atoms with van der Waals surface area (Å²) in [6, 6.07) is 6.57. The van der Waals surface area contributed by atoms with Crippen molar-refractivity contribution in [3.63, 3.8) is 0 Å². The number of carbonyl (C=O) groups is 1. The lowest BCUT2D eigenvalue weighted by molar-refractivity contribution is 0.1000. The van der Waals surface area contributed by atoms with E-state index in [2.05, 4.69) is 15.9 Å². The molecule has 0 aliphatic heterocycles. The van der Waals surface area contributed by atoms with Crippen molar-refractivity contribution in [3.8, 4) is 6.07 Å². The molecule has 0 spiro atoms. The number of nitriles is 1. The maximum atomic E-state index is 10.7. The molecular weight excluding hydrogens is 220 g/mol. The first-order valence-corrected chi connectivity index (χ1v) is 3.93. The zero-order chi connectivity index (χ0) is 9.14.